The zero-order valence-corrected chi connectivity index (χ0v) is 29.8. The van der Waals surface area contributed by atoms with Gasteiger partial charge in [0, 0.05) is 93.8 Å². The quantitative estimate of drug-likeness (QED) is 0.0949. The summed E-state index contributed by atoms with van der Waals surface area (Å²) in [6.07, 6.45) is 3.23. The van der Waals surface area contributed by atoms with Crippen LogP contribution in [0.25, 0.3) is 0 Å². The minimum Gasteiger partial charge on any atom is -0.409 e. The normalized spacial score (nSPS) is 15.0. The summed E-state index contributed by atoms with van der Waals surface area (Å²) in [7, 11) is 4.27. The van der Waals surface area contributed by atoms with E-state index < -0.39 is 0 Å². The van der Waals surface area contributed by atoms with Crippen LogP contribution in [-0.4, -0.2) is 102 Å². The van der Waals surface area contributed by atoms with Crippen LogP contribution in [0.5, 0.6) is 0 Å². The number of benzene rings is 2. The molecule has 6 N–H and O–H groups in total. The number of aromatic nitrogens is 2. The molecular formula is C36H47ClN10O4. The first-order chi connectivity index (χ1) is 24.2. The van der Waals surface area contributed by atoms with Crippen molar-refractivity contribution >= 4 is 29.6 Å². The third-order valence-corrected chi connectivity index (χ3v) is 8.76. The maximum absolute atomic E-state index is 12.1. The molecule has 6 rings (SSSR count). The molecule has 0 atom stereocenters. The van der Waals surface area contributed by atoms with Gasteiger partial charge in [-0.05, 0) is 61.6 Å². The number of amidine groups is 1. The lowest BCUT2D eigenvalue weighted by molar-refractivity contribution is 0.311. The number of oxime groups is 1. The summed E-state index contributed by atoms with van der Waals surface area (Å²) in [5.41, 5.74) is 10.9. The number of likely N-dealkylation sites (N-methyl/N-ethyl adjacent to an activating group) is 2. The number of hydrogen-bond acceptors (Lipinski definition) is 11. The largest absolute Gasteiger partial charge is 0.409 e. The molecule has 51 heavy (non-hydrogen) atoms. The Balaban J connectivity index is 0.000000259. The Labute approximate surface area is 304 Å². The molecule has 15 heteroatoms. The van der Waals surface area contributed by atoms with Gasteiger partial charge in [0.15, 0.2) is 5.84 Å². The Morgan fingerprint density at radius 1 is 0.725 bits per heavy atom. The van der Waals surface area contributed by atoms with Crippen molar-refractivity contribution in [2.75, 3.05) is 76.3 Å². The van der Waals surface area contributed by atoms with Gasteiger partial charge in [0.05, 0.1) is 18.7 Å². The van der Waals surface area contributed by atoms with Crippen LogP contribution < -0.4 is 32.5 Å². The predicted octanol–water partition coefficient (Wildman–Crippen LogP) is 2.02. The number of piperazine rings is 2. The first kappa shape index (κ1) is 40.3. The van der Waals surface area contributed by atoms with Gasteiger partial charge in [0.25, 0.3) is 11.1 Å². The van der Waals surface area contributed by atoms with Crippen molar-refractivity contribution in [1.82, 2.24) is 18.9 Å². The molecule has 2 aromatic heterocycles. The standard InChI is InChI=1S/C18H23N5O2.C18H20N4O.ClH.H3NO/c1-21-7-9-22(10-8-21)16-4-2-3-14(11-16)12-23-13-15(18(19)20-25)5-6-17(23)24;1-20-7-9-21(10-8-20)17-4-2-3-15(11-17)13-22-14-16(12-19)5-6-18(22)23;;1-2/h2-6,11,13,25H,7-10,12H2,1H3,(H2,19,20);2-6,11,14H,7-10,13H2,1H3;1H;2H,1H2. The minimum atomic E-state index is -0.125. The first-order valence-electron chi connectivity index (χ1n) is 16.3. The molecule has 4 aromatic rings. The van der Waals surface area contributed by atoms with Crippen molar-refractivity contribution in [3.8, 4) is 6.07 Å². The van der Waals surface area contributed by atoms with E-state index in [1.165, 1.54) is 23.5 Å². The maximum Gasteiger partial charge on any atom is 0.250 e. The zero-order valence-electron chi connectivity index (χ0n) is 29.0. The average Bonchev–Trinajstić information content (AvgIpc) is 3.15. The van der Waals surface area contributed by atoms with Gasteiger partial charge in [-0.25, -0.2) is 5.90 Å². The predicted molar refractivity (Wildman–Crippen MR) is 202 cm³/mol. The number of anilines is 2. The zero-order chi connectivity index (χ0) is 36.0. The Morgan fingerprint density at radius 2 is 1.18 bits per heavy atom. The fraction of sp³-hybridized carbons (Fsp3) is 0.333. The van der Waals surface area contributed by atoms with Crippen molar-refractivity contribution < 1.29 is 10.4 Å². The van der Waals surface area contributed by atoms with E-state index >= 15 is 0 Å². The second kappa shape index (κ2) is 19.9. The van der Waals surface area contributed by atoms with Crippen LogP contribution in [-0.2, 0) is 13.1 Å². The summed E-state index contributed by atoms with van der Waals surface area (Å²) in [6, 6.07) is 24.6. The summed E-state index contributed by atoms with van der Waals surface area (Å²) >= 11 is 0. The Kier molecular flexibility index (Phi) is 15.7. The van der Waals surface area contributed by atoms with Gasteiger partial charge in [0.2, 0.25) is 0 Å². The molecule has 2 aliphatic heterocycles. The van der Waals surface area contributed by atoms with Crippen LogP contribution >= 0.6 is 12.4 Å². The molecule has 2 aliphatic rings. The van der Waals surface area contributed by atoms with E-state index in [1.807, 2.05) is 24.3 Å². The highest BCUT2D eigenvalue weighted by Gasteiger charge is 2.16. The monoisotopic (exact) mass is 718 g/mol. The molecule has 0 saturated carbocycles. The number of halogens is 1. The molecule has 272 valence electrons. The van der Waals surface area contributed by atoms with Crippen molar-refractivity contribution in [3.05, 3.63) is 128 Å². The molecule has 2 saturated heterocycles. The number of pyridine rings is 2. The summed E-state index contributed by atoms with van der Waals surface area (Å²) in [6.45, 7) is 9.17. The van der Waals surface area contributed by atoms with Gasteiger partial charge >= 0.3 is 0 Å². The molecule has 0 unspecified atom stereocenters. The van der Waals surface area contributed by atoms with Crippen molar-refractivity contribution in [3.63, 3.8) is 0 Å². The number of rotatable bonds is 7. The highest BCUT2D eigenvalue weighted by molar-refractivity contribution is 5.96. The molecule has 2 fully saturated rings. The van der Waals surface area contributed by atoms with Crippen molar-refractivity contribution in [2.24, 2.45) is 16.8 Å². The van der Waals surface area contributed by atoms with Crippen LogP contribution in [0.4, 0.5) is 11.4 Å². The third-order valence-electron chi connectivity index (χ3n) is 8.76. The van der Waals surface area contributed by atoms with Gasteiger partial charge in [0.1, 0.15) is 6.07 Å². The van der Waals surface area contributed by atoms with E-state index in [-0.39, 0.29) is 29.4 Å². The highest BCUT2D eigenvalue weighted by atomic mass is 35.5. The van der Waals surface area contributed by atoms with Gasteiger partial charge in [-0.2, -0.15) is 5.26 Å². The minimum absolute atomic E-state index is 0. The smallest absolute Gasteiger partial charge is 0.250 e. The van der Waals surface area contributed by atoms with Gasteiger partial charge < -0.3 is 44.9 Å². The highest BCUT2D eigenvalue weighted by Crippen LogP contribution is 2.20. The summed E-state index contributed by atoms with van der Waals surface area (Å²) in [5, 5.41) is 27.3. The van der Waals surface area contributed by atoms with E-state index in [9.17, 15) is 9.59 Å². The molecular weight excluding hydrogens is 672 g/mol. The van der Waals surface area contributed by atoms with Crippen molar-refractivity contribution in [1.29, 1.82) is 5.26 Å². The lowest BCUT2D eigenvalue weighted by atomic mass is 10.1. The SMILES string of the molecule is CN1CCN(c2cccc(Cn3cc(/C(N)=N/O)ccc3=O)c2)CC1.CN1CCN(c2cccc(Cn3cc(C#N)ccc3=O)c2)CC1.Cl.NO. The number of nitrogens with zero attached hydrogens (tertiary/aromatic N) is 8. The van der Waals surface area contributed by atoms with Crippen LogP contribution in [0.2, 0.25) is 0 Å². The number of nitrogens with two attached hydrogens (primary N) is 2. The second-order valence-electron chi connectivity index (χ2n) is 12.3. The molecule has 0 aliphatic carbocycles. The van der Waals surface area contributed by atoms with Crippen molar-refractivity contribution in [2.45, 2.75) is 13.1 Å². The summed E-state index contributed by atoms with van der Waals surface area (Å²) in [4.78, 5) is 33.4. The fourth-order valence-electron chi connectivity index (χ4n) is 5.81. The molecule has 0 bridgehead atoms. The van der Waals surface area contributed by atoms with E-state index in [1.54, 1.807) is 33.7 Å². The molecule has 14 nitrogen and oxygen atoms in total. The Morgan fingerprint density at radius 3 is 1.63 bits per heavy atom. The molecule has 2 aromatic carbocycles. The van der Waals surface area contributed by atoms with E-state index in [0.717, 1.165) is 63.5 Å². The lowest BCUT2D eigenvalue weighted by Gasteiger charge is -2.34. The van der Waals surface area contributed by atoms with Crippen LogP contribution in [0.3, 0.4) is 0 Å². The van der Waals surface area contributed by atoms with Gasteiger partial charge in [-0.3, -0.25) is 9.59 Å². The first-order valence-corrected chi connectivity index (χ1v) is 16.3. The molecule has 0 spiro atoms. The van der Waals surface area contributed by atoms with Crippen LogP contribution in [0, 0.1) is 11.3 Å². The van der Waals surface area contributed by atoms with E-state index in [0.29, 0.717) is 24.2 Å². The number of hydrogen-bond donors (Lipinski definition) is 4. The molecule has 4 heterocycles. The van der Waals surface area contributed by atoms with Gasteiger partial charge in [-0.1, -0.05) is 29.4 Å². The van der Waals surface area contributed by atoms with Crippen LogP contribution in [0.1, 0.15) is 22.3 Å². The lowest BCUT2D eigenvalue weighted by Crippen LogP contribution is -2.44. The number of nitriles is 1. The summed E-state index contributed by atoms with van der Waals surface area (Å²) < 4.78 is 3.15. The Hall–Kier alpha value is -5.17. The summed E-state index contributed by atoms with van der Waals surface area (Å²) in [5.74, 6) is 3.49. The third kappa shape index (κ3) is 11.4. The molecule has 0 amide bonds. The average molecular weight is 719 g/mol. The van der Waals surface area contributed by atoms with E-state index in [2.05, 4.69) is 75.1 Å². The second-order valence-corrected chi connectivity index (χ2v) is 12.3. The fourth-order valence-corrected chi connectivity index (χ4v) is 5.81. The van der Waals surface area contributed by atoms with Crippen LogP contribution in [0.15, 0.2) is 99.9 Å². The topological polar surface area (TPSA) is 186 Å². The maximum atomic E-state index is 12.1. The Bertz CT molecular complexity index is 1890. The van der Waals surface area contributed by atoms with Gasteiger partial charge in [-0.15, -0.1) is 12.4 Å². The van der Waals surface area contributed by atoms with E-state index in [4.69, 9.17) is 21.4 Å². The molecule has 0 radical (unpaired) electrons.